The first-order valence-corrected chi connectivity index (χ1v) is 34.6. The van der Waals surface area contributed by atoms with E-state index >= 15 is 0 Å². The maximum atomic E-state index is 14.3. The number of Topliss-reactive ketones (excluding diaryl/α,β-unsaturated/α-hetero) is 1. The van der Waals surface area contributed by atoms with Gasteiger partial charge in [0.2, 0.25) is 13.6 Å². The average molecular weight is 1320 g/mol. The zero-order chi connectivity index (χ0) is 65.8. The fourth-order valence-electron chi connectivity index (χ4n) is 12.7. The van der Waals surface area contributed by atoms with Crippen LogP contribution in [0.2, 0.25) is 0 Å². The number of nitrogens with zero attached hydrogens (tertiary/aromatic N) is 1. The number of carbonyl (C=O) groups excluding carboxylic acids is 3. The van der Waals surface area contributed by atoms with E-state index in [1.165, 1.54) is 38.3 Å². The number of amides is 2. The molecule has 10 unspecified atom stereocenters. The molecule has 0 spiro atoms. The van der Waals surface area contributed by atoms with Gasteiger partial charge in [0.1, 0.15) is 25.1 Å². The maximum Gasteiger partial charge on any atom is 0.407 e. The largest absolute Gasteiger partial charge is 0.454 e. The number of fused-ring (bicyclic) bond motifs is 4. The molecular formula is C67H89N3O20S2. The van der Waals surface area contributed by atoms with Crippen molar-refractivity contribution < 1.29 is 93.6 Å². The number of aliphatic hydroxyl groups excluding tert-OH is 2. The van der Waals surface area contributed by atoms with E-state index in [1.54, 1.807) is 12.1 Å². The van der Waals surface area contributed by atoms with E-state index in [9.17, 15) is 41.4 Å². The van der Waals surface area contributed by atoms with Crippen molar-refractivity contribution in [1.29, 1.82) is 0 Å². The Morgan fingerprint density at radius 2 is 1.00 bits per heavy atom. The summed E-state index contributed by atoms with van der Waals surface area (Å²) in [5.41, 5.74) is 1.52. The molecule has 25 heteroatoms. The fraction of sp³-hybridized carbons (Fsp3) is 0.582. The molecule has 4 aromatic carbocycles. The van der Waals surface area contributed by atoms with Crippen molar-refractivity contribution >= 4 is 43.4 Å². The Labute approximate surface area is 539 Å². The summed E-state index contributed by atoms with van der Waals surface area (Å²) >= 11 is 0. The highest BCUT2D eigenvalue weighted by atomic mass is 32.2. The lowest BCUT2D eigenvalue weighted by Crippen LogP contribution is -2.48. The summed E-state index contributed by atoms with van der Waals surface area (Å²) in [6.07, 6.45) is -1.47. The predicted molar refractivity (Wildman–Crippen MR) is 337 cm³/mol. The van der Waals surface area contributed by atoms with Gasteiger partial charge < -0.3 is 77.8 Å². The number of rotatable bonds is 29. The van der Waals surface area contributed by atoms with Crippen LogP contribution >= 0.6 is 0 Å². The molecule has 4 saturated heterocycles. The molecule has 92 heavy (non-hydrogen) atoms. The number of hydrogen-bond donors (Lipinski definition) is 4. The second-order valence-corrected chi connectivity index (χ2v) is 30.7. The van der Waals surface area contributed by atoms with Crippen LogP contribution in [-0.2, 0) is 70.6 Å². The zero-order valence-corrected chi connectivity index (χ0v) is 55.0. The van der Waals surface area contributed by atoms with E-state index in [2.05, 4.69) is 15.8 Å². The van der Waals surface area contributed by atoms with Gasteiger partial charge in [-0.2, -0.15) is 0 Å². The lowest BCUT2D eigenvalue weighted by Gasteiger charge is -2.33. The summed E-state index contributed by atoms with van der Waals surface area (Å²) in [5.74, 6) is 1.54. The van der Waals surface area contributed by atoms with Crippen molar-refractivity contribution in [1.82, 2.24) is 10.6 Å². The number of aliphatic hydroxyl groups is 2. The first-order chi connectivity index (χ1) is 43.9. The van der Waals surface area contributed by atoms with Crippen molar-refractivity contribution in [2.24, 2.45) is 27.8 Å². The van der Waals surface area contributed by atoms with Crippen molar-refractivity contribution in [3.8, 4) is 23.0 Å². The third-order valence-corrected chi connectivity index (χ3v) is 22.3. The molecule has 4 N–H and O–H groups in total. The van der Waals surface area contributed by atoms with Crippen molar-refractivity contribution in [2.45, 2.75) is 188 Å². The number of ketones is 1. The van der Waals surface area contributed by atoms with Crippen LogP contribution in [0.5, 0.6) is 23.0 Å². The van der Waals surface area contributed by atoms with Gasteiger partial charge in [-0.15, -0.1) is 0 Å². The van der Waals surface area contributed by atoms with Crippen LogP contribution in [0.3, 0.4) is 0 Å². The first-order valence-electron chi connectivity index (χ1n) is 31.5. The smallest absolute Gasteiger partial charge is 0.407 e. The molecule has 6 heterocycles. The van der Waals surface area contributed by atoms with E-state index in [4.69, 9.17) is 52.2 Å². The van der Waals surface area contributed by atoms with E-state index in [-0.39, 0.29) is 105 Å². The zero-order valence-electron chi connectivity index (χ0n) is 53.4. The summed E-state index contributed by atoms with van der Waals surface area (Å²) < 4.78 is 113. The van der Waals surface area contributed by atoms with Gasteiger partial charge in [-0.05, 0) is 131 Å². The summed E-state index contributed by atoms with van der Waals surface area (Å²) in [5, 5.41) is 31.1. The Kier molecular flexibility index (Phi) is 23.6. The monoisotopic (exact) mass is 1320 g/mol. The van der Waals surface area contributed by atoms with Gasteiger partial charge >= 0.3 is 12.2 Å². The van der Waals surface area contributed by atoms with E-state index in [0.717, 1.165) is 29.7 Å². The Hall–Kier alpha value is -6.58. The molecular weight excluding hydrogens is 1230 g/mol. The predicted octanol–water partition coefficient (Wildman–Crippen LogP) is 8.82. The normalized spacial score (nSPS) is 22.8. The highest BCUT2D eigenvalue weighted by Crippen LogP contribution is 2.42. The minimum atomic E-state index is -4.01. The molecule has 4 fully saturated rings. The number of sulfone groups is 2. The Morgan fingerprint density at radius 3 is 1.41 bits per heavy atom. The molecule has 0 radical (unpaired) electrons. The topological polar surface area (TPSA) is 298 Å². The van der Waals surface area contributed by atoms with E-state index in [0.29, 0.717) is 61.9 Å². The number of alkyl carbamates (subject to hydrolysis) is 2. The molecule has 12 atom stereocenters. The van der Waals surface area contributed by atoms with Gasteiger partial charge in [0, 0.05) is 18.6 Å². The van der Waals surface area contributed by atoms with Crippen LogP contribution in [-0.4, -0.2) is 157 Å². The number of nitrogens with one attached hydrogen (secondary N) is 2. The number of benzene rings is 4. The molecule has 0 aliphatic carbocycles. The third kappa shape index (κ3) is 18.6. The minimum absolute atomic E-state index is 0.00337. The lowest BCUT2D eigenvalue weighted by molar-refractivity contribution is -0.117. The van der Waals surface area contributed by atoms with Crippen LogP contribution in [0.15, 0.2) is 112 Å². The molecule has 2 amide bonds. The highest BCUT2D eigenvalue weighted by molar-refractivity contribution is 7.92. The van der Waals surface area contributed by atoms with Crippen LogP contribution < -0.4 is 29.6 Å². The van der Waals surface area contributed by atoms with E-state index in [1.807, 2.05) is 95.3 Å². The van der Waals surface area contributed by atoms with Crippen molar-refractivity contribution in [3.63, 3.8) is 0 Å². The van der Waals surface area contributed by atoms with Crippen LogP contribution in [0.4, 0.5) is 9.59 Å². The molecule has 0 saturated carbocycles. The fourth-order valence-corrected chi connectivity index (χ4v) is 16.8. The number of carbonyl (C=O) groups is 3. The molecule has 10 rings (SSSR count). The van der Waals surface area contributed by atoms with Gasteiger partial charge in [0.05, 0.1) is 88.6 Å². The molecule has 6 aliphatic rings. The standard InChI is InChI=1S/C34H46N2O10S.C33H43NO10S/c1-22(36-41-4)12-14-34(2,3)19-25(47(39,40)24-10-11-29-30(18-24)45-21-44-29)17-28(37)27(16-23-8-6-5-7-9-23)35-33(38)46-31-20-43-32-26(31)13-15-42-32;1-21(35)11-13-33(2,3)18-24(45(38,39)23-9-10-28-29(17-23)43-20-42-28)16-27(36)26(15-22-7-5-4-6-8-22)34-32(37)44-30-19-41-31-25(30)12-14-40-31/h5-11,18,25-28,31-32,37H,12-17,19-21H2,1-4H3,(H,35,38);4-10,17,24-27,30-31,36H,11-16,18-20H2,1-3H3,(H,34,37)/b36-22+;/t25?,26?,27-,28?,31?,32?;24?,25?,26-,27?,30?,31?/m00/s1. The van der Waals surface area contributed by atoms with Crippen LogP contribution in [0, 0.1) is 22.7 Å². The van der Waals surface area contributed by atoms with Gasteiger partial charge in [-0.3, -0.25) is 0 Å². The van der Waals surface area contributed by atoms with Crippen molar-refractivity contribution in [3.05, 3.63) is 108 Å². The van der Waals surface area contributed by atoms with Gasteiger partial charge in [0.15, 0.2) is 55.3 Å². The van der Waals surface area contributed by atoms with Gasteiger partial charge in [0.25, 0.3) is 0 Å². The number of hydrogen-bond acceptors (Lipinski definition) is 21. The van der Waals surface area contributed by atoms with Gasteiger partial charge in [-0.1, -0.05) is 93.5 Å². The van der Waals surface area contributed by atoms with Crippen LogP contribution in [0.25, 0.3) is 0 Å². The van der Waals surface area contributed by atoms with Gasteiger partial charge in [-0.25, -0.2) is 26.4 Å². The molecule has 4 aromatic rings. The minimum Gasteiger partial charge on any atom is -0.454 e. The Morgan fingerprint density at radius 1 is 0.587 bits per heavy atom. The summed E-state index contributed by atoms with van der Waals surface area (Å²) in [4.78, 5) is 43.2. The number of oxime groups is 1. The SMILES string of the molecule is CC(=O)CCC(C)(C)CC(CC(O)[C@H](Cc1ccccc1)NC(=O)OC1COC2OCCC12)S(=O)(=O)c1ccc2c(c1)OCO2.CO/N=C(\C)CCC(C)(C)CC(CC(O)[C@H](Cc1ccccc1)NC(=O)OC1COC2OCCC12)S(=O)(=O)c1ccc2c(c1)OCO2. The summed E-state index contributed by atoms with van der Waals surface area (Å²) in [6, 6.07) is 26.1. The quantitative estimate of drug-likeness (QED) is 0.0291. The Bertz CT molecular complexity index is 3390. The average Bonchev–Trinajstić information content (AvgIpc) is 1.08. The van der Waals surface area contributed by atoms with E-state index < -0.39 is 89.7 Å². The molecule has 0 bridgehead atoms. The molecule has 0 aromatic heterocycles. The first kappa shape index (κ1) is 69.8. The molecule has 23 nitrogen and oxygen atoms in total. The third-order valence-electron chi connectivity index (χ3n) is 18.0. The van der Waals surface area contributed by atoms with Crippen molar-refractivity contribution in [2.75, 3.05) is 47.1 Å². The van der Waals surface area contributed by atoms with Crippen LogP contribution in [0.1, 0.15) is 117 Å². The Balaban J connectivity index is 0.000000218. The second-order valence-electron chi connectivity index (χ2n) is 26.2. The summed E-state index contributed by atoms with van der Waals surface area (Å²) in [6.45, 7) is 12.8. The highest BCUT2D eigenvalue weighted by Gasteiger charge is 2.47. The lowest BCUT2D eigenvalue weighted by atomic mass is 9.81. The second kappa shape index (κ2) is 31.1. The maximum absolute atomic E-state index is 14.3. The molecule has 504 valence electrons. The molecule has 6 aliphatic heterocycles. The number of ether oxygens (including phenoxy) is 10. The summed E-state index contributed by atoms with van der Waals surface area (Å²) in [7, 11) is -6.51.